The van der Waals surface area contributed by atoms with Crippen LogP contribution >= 0.6 is 12.4 Å². The van der Waals surface area contributed by atoms with Gasteiger partial charge in [0.1, 0.15) is 5.69 Å². The van der Waals surface area contributed by atoms with Crippen molar-refractivity contribution in [3.05, 3.63) is 60.6 Å². The summed E-state index contributed by atoms with van der Waals surface area (Å²) in [5.74, 6) is 1.05. The van der Waals surface area contributed by atoms with Gasteiger partial charge in [0.2, 0.25) is 5.88 Å². The van der Waals surface area contributed by atoms with Gasteiger partial charge in [0.25, 0.3) is 0 Å². The number of nitrogens with two attached hydrogens (primary N) is 1. The van der Waals surface area contributed by atoms with E-state index in [1.807, 2.05) is 36.4 Å². The number of piperidine rings is 1. The Balaban J connectivity index is 0.00000245. The molecule has 32 heavy (non-hydrogen) atoms. The first kappa shape index (κ1) is 22.2. The van der Waals surface area contributed by atoms with Gasteiger partial charge in [0.15, 0.2) is 0 Å². The van der Waals surface area contributed by atoms with Crippen LogP contribution in [-0.2, 0) is 6.54 Å². The van der Waals surface area contributed by atoms with Crippen LogP contribution in [0.4, 0.5) is 0 Å². The maximum Gasteiger partial charge on any atom is 0.232 e. The second kappa shape index (κ2) is 10.1. The van der Waals surface area contributed by atoms with Crippen LogP contribution in [0.15, 0.2) is 55.0 Å². The number of aromatic nitrogens is 4. The van der Waals surface area contributed by atoms with Gasteiger partial charge >= 0.3 is 0 Å². The lowest BCUT2D eigenvalue weighted by atomic mass is 10.0. The fourth-order valence-corrected chi connectivity index (χ4v) is 4.01. The Kier molecular flexibility index (Phi) is 6.99. The Morgan fingerprint density at radius 3 is 2.66 bits per heavy atom. The number of nitrogens with one attached hydrogen (secondary N) is 2. The number of hydrogen-bond acceptors (Lipinski definition) is 6. The van der Waals surface area contributed by atoms with Gasteiger partial charge in [-0.15, -0.1) is 12.4 Å². The first-order valence-corrected chi connectivity index (χ1v) is 10.7. The molecule has 166 valence electrons. The number of nitrogens with zero attached hydrogens (tertiary/aromatic N) is 3. The SMILES string of the molecule is Cl.NCc1ccc(-c2ncc(OCC3CCCNC3)nc2-c2ccc3nc[nH]c3c2)cc1. The van der Waals surface area contributed by atoms with Gasteiger partial charge in [-0.3, -0.25) is 0 Å². The lowest BCUT2D eigenvalue weighted by Crippen LogP contribution is -2.33. The van der Waals surface area contributed by atoms with E-state index in [4.69, 9.17) is 20.4 Å². The molecule has 0 bridgehead atoms. The molecule has 2 aromatic heterocycles. The minimum absolute atomic E-state index is 0. The van der Waals surface area contributed by atoms with Crippen molar-refractivity contribution in [1.82, 2.24) is 25.3 Å². The van der Waals surface area contributed by atoms with Crippen molar-refractivity contribution >= 4 is 23.4 Å². The largest absolute Gasteiger partial charge is 0.476 e. The minimum Gasteiger partial charge on any atom is -0.476 e. The smallest absolute Gasteiger partial charge is 0.232 e. The van der Waals surface area contributed by atoms with Crippen LogP contribution in [0.3, 0.4) is 0 Å². The molecule has 1 saturated heterocycles. The van der Waals surface area contributed by atoms with Crippen LogP contribution in [0.5, 0.6) is 5.88 Å². The highest BCUT2D eigenvalue weighted by Crippen LogP contribution is 2.32. The molecule has 5 rings (SSSR count). The highest BCUT2D eigenvalue weighted by Gasteiger charge is 2.17. The van der Waals surface area contributed by atoms with Gasteiger partial charge in [-0.05, 0) is 37.1 Å². The number of benzene rings is 2. The molecular formula is C24H27ClN6O. The zero-order chi connectivity index (χ0) is 21.0. The van der Waals surface area contributed by atoms with E-state index in [0.29, 0.717) is 24.9 Å². The molecule has 0 spiro atoms. The number of ether oxygens (including phenoxy) is 1. The van der Waals surface area contributed by atoms with Crippen molar-refractivity contribution in [3.63, 3.8) is 0 Å². The first-order chi connectivity index (χ1) is 15.3. The van der Waals surface area contributed by atoms with Gasteiger partial charge in [0, 0.05) is 30.1 Å². The highest BCUT2D eigenvalue weighted by molar-refractivity contribution is 5.86. The molecular weight excluding hydrogens is 424 g/mol. The number of imidazole rings is 1. The summed E-state index contributed by atoms with van der Waals surface area (Å²) in [5, 5.41) is 3.43. The number of hydrogen-bond donors (Lipinski definition) is 3. The second-order valence-corrected chi connectivity index (χ2v) is 7.96. The van der Waals surface area contributed by atoms with Gasteiger partial charge < -0.3 is 20.8 Å². The third kappa shape index (κ3) is 4.75. The van der Waals surface area contributed by atoms with Gasteiger partial charge in [-0.2, -0.15) is 0 Å². The van der Waals surface area contributed by atoms with E-state index < -0.39 is 0 Å². The summed E-state index contributed by atoms with van der Waals surface area (Å²) in [4.78, 5) is 17.1. The third-order valence-electron chi connectivity index (χ3n) is 5.77. The summed E-state index contributed by atoms with van der Waals surface area (Å²) in [6, 6.07) is 14.2. The normalized spacial score (nSPS) is 16.0. The molecule has 8 heteroatoms. The summed E-state index contributed by atoms with van der Waals surface area (Å²) in [6.45, 7) is 3.24. The topological polar surface area (TPSA) is 102 Å². The quantitative estimate of drug-likeness (QED) is 0.411. The standard InChI is InChI=1S/C24H26N6O.ClH/c25-11-16-3-5-18(6-4-16)23-24(19-7-8-20-21(10-19)29-15-28-20)30-22(13-27-23)31-14-17-2-1-9-26-12-17;/h3-8,10,13,15,17,26H,1-2,9,11-12,14,25H2,(H,28,29);1H. The van der Waals surface area contributed by atoms with Gasteiger partial charge in [0.05, 0.1) is 35.9 Å². The van der Waals surface area contributed by atoms with E-state index in [1.54, 1.807) is 12.5 Å². The predicted octanol–water partition coefficient (Wildman–Crippen LogP) is 3.95. The van der Waals surface area contributed by atoms with Crippen molar-refractivity contribution in [1.29, 1.82) is 0 Å². The zero-order valence-corrected chi connectivity index (χ0v) is 18.6. The van der Waals surface area contributed by atoms with Crippen molar-refractivity contribution in [3.8, 4) is 28.4 Å². The number of H-pyrrole nitrogens is 1. The van der Waals surface area contributed by atoms with Gasteiger partial charge in [-0.25, -0.2) is 15.0 Å². The number of aromatic amines is 1. The highest BCUT2D eigenvalue weighted by atomic mass is 35.5. The van der Waals surface area contributed by atoms with Crippen LogP contribution in [0.1, 0.15) is 18.4 Å². The summed E-state index contributed by atoms with van der Waals surface area (Å²) in [5.41, 5.74) is 12.3. The van der Waals surface area contributed by atoms with E-state index in [1.165, 1.54) is 12.8 Å². The fourth-order valence-electron chi connectivity index (χ4n) is 4.01. The molecule has 7 nitrogen and oxygen atoms in total. The lowest BCUT2D eigenvalue weighted by Gasteiger charge is -2.22. The molecule has 1 atom stereocenters. The second-order valence-electron chi connectivity index (χ2n) is 7.96. The molecule has 1 aliphatic rings. The Labute approximate surface area is 193 Å². The molecule has 2 aromatic carbocycles. The Hall–Kier alpha value is -3.00. The maximum absolute atomic E-state index is 6.06. The molecule has 1 aliphatic heterocycles. The van der Waals surface area contributed by atoms with Crippen LogP contribution in [0.2, 0.25) is 0 Å². The van der Waals surface area contributed by atoms with E-state index >= 15 is 0 Å². The van der Waals surface area contributed by atoms with Crippen LogP contribution < -0.4 is 15.8 Å². The summed E-state index contributed by atoms with van der Waals surface area (Å²) < 4.78 is 6.06. The minimum atomic E-state index is 0. The van der Waals surface area contributed by atoms with Gasteiger partial charge in [-0.1, -0.05) is 30.3 Å². The average Bonchev–Trinajstić information content (AvgIpc) is 3.31. The Morgan fingerprint density at radius 1 is 1.03 bits per heavy atom. The van der Waals surface area contributed by atoms with Crippen molar-refractivity contribution in [2.24, 2.45) is 11.7 Å². The summed E-state index contributed by atoms with van der Waals surface area (Å²) in [6.07, 6.45) is 5.78. The third-order valence-corrected chi connectivity index (χ3v) is 5.77. The Bertz CT molecular complexity index is 1170. The van der Waals surface area contributed by atoms with E-state index in [-0.39, 0.29) is 12.4 Å². The predicted molar refractivity (Wildman–Crippen MR) is 129 cm³/mol. The van der Waals surface area contributed by atoms with Crippen LogP contribution in [0, 0.1) is 5.92 Å². The molecule has 1 fully saturated rings. The zero-order valence-electron chi connectivity index (χ0n) is 17.8. The lowest BCUT2D eigenvalue weighted by molar-refractivity contribution is 0.211. The molecule has 4 N–H and O–H groups in total. The van der Waals surface area contributed by atoms with E-state index in [9.17, 15) is 0 Å². The number of halogens is 1. The van der Waals surface area contributed by atoms with E-state index in [0.717, 1.165) is 52.2 Å². The van der Waals surface area contributed by atoms with Crippen LogP contribution in [0.25, 0.3) is 33.5 Å². The van der Waals surface area contributed by atoms with Crippen molar-refractivity contribution in [2.45, 2.75) is 19.4 Å². The first-order valence-electron chi connectivity index (χ1n) is 10.7. The molecule has 1 unspecified atom stereocenters. The number of fused-ring (bicyclic) bond motifs is 1. The molecule has 0 saturated carbocycles. The monoisotopic (exact) mass is 450 g/mol. The van der Waals surface area contributed by atoms with Crippen LogP contribution in [-0.4, -0.2) is 39.6 Å². The fraction of sp³-hybridized carbons (Fsp3) is 0.292. The molecule has 3 heterocycles. The molecule has 4 aromatic rings. The Morgan fingerprint density at radius 2 is 1.88 bits per heavy atom. The van der Waals surface area contributed by atoms with Crippen molar-refractivity contribution < 1.29 is 4.74 Å². The molecule has 0 aliphatic carbocycles. The maximum atomic E-state index is 6.06. The average molecular weight is 451 g/mol. The van der Waals surface area contributed by atoms with Crippen molar-refractivity contribution in [2.75, 3.05) is 19.7 Å². The summed E-state index contributed by atoms with van der Waals surface area (Å²) >= 11 is 0. The van der Waals surface area contributed by atoms with E-state index in [2.05, 4.69) is 21.4 Å². The number of rotatable bonds is 6. The summed E-state index contributed by atoms with van der Waals surface area (Å²) in [7, 11) is 0. The molecule has 0 radical (unpaired) electrons. The molecule has 0 amide bonds.